The van der Waals surface area contributed by atoms with Gasteiger partial charge in [0.25, 0.3) is 0 Å². The largest absolute Gasteiger partial charge is 0.346 e. The summed E-state index contributed by atoms with van der Waals surface area (Å²) < 4.78 is 2.13. The molecule has 0 radical (unpaired) electrons. The van der Waals surface area contributed by atoms with Crippen LogP contribution in [-0.4, -0.2) is 32.4 Å². The minimum Gasteiger partial charge on any atom is -0.346 e. The quantitative estimate of drug-likeness (QED) is 0.458. The molecule has 0 spiro atoms. The molecule has 0 N–H and O–H groups in total. The second-order valence-corrected chi connectivity index (χ2v) is 7.36. The number of rotatable bonds is 6. The highest BCUT2D eigenvalue weighted by Crippen LogP contribution is 2.19. The number of pyridine rings is 2. The number of fused-ring (bicyclic) bond motifs is 1. The van der Waals surface area contributed by atoms with E-state index in [0.29, 0.717) is 13.0 Å². The Hall–Kier alpha value is -3.73. The lowest BCUT2D eigenvalue weighted by molar-refractivity contribution is -0.125. The second-order valence-electron chi connectivity index (χ2n) is 7.36. The summed E-state index contributed by atoms with van der Waals surface area (Å²) in [5, 5.41) is 1.18. The molecule has 4 rings (SSSR count). The fraction of sp³-hybridized carbons (Fsp3) is 0.160. The Morgan fingerprint density at radius 1 is 1.03 bits per heavy atom. The van der Waals surface area contributed by atoms with E-state index in [4.69, 9.17) is 0 Å². The topological polar surface area (TPSA) is 51.0 Å². The Morgan fingerprint density at radius 2 is 1.83 bits per heavy atom. The van der Waals surface area contributed by atoms with Crippen LogP contribution in [0, 0.1) is 0 Å². The summed E-state index contributed by atoms with van der Waals surface area (Å²) in [6, 6.07) is 20.2. The van der Waals surface area contributed by atoms with Crippen LogP contribution < -0.4 is 0 Å². The fourth-order valence-electron chi connectivity index (χ4n) is 3.44. The minimum atomic E-state index is -0.0437. The molecule has 4 aromatic rings. The van der Waals surface area contributed by atoms with Gasteiger partial charge < -0.3 is 9.47 Å². The van der Waals surface area contributed by atoms with E-state index in [9.17, 15) is 4.79 Å². The van der Waals surface area contributed by atoms with E-state index in [1.807, 2.05) is 56.6 Å². The first-order valence-electron chi connectivity index (χ1n) is 9.91. The number of benzene rings is 1. The molecule has 5 heteroatoms. The van der Waals surface area contributed by atoms with Crippen LogP contribution in [0.5, 0.6) is 0 Å². The number of nitrogens with zero attached hydrogens (tertiary/aromatic N) is 4. The van der Waals surface area contributed by atoms with Crippen molar-refractivity contribution in [1.82, 2.24) is 19.4 Å². The Bertz CT molecular complexity index is 1180. The van der Waals surface area contributed by atoms with Crippen molar-refractivity contribution in [3.63, 3.8) is 0 Å². The monoisotopic (exact) mass is 396 g/mol. The van der Waals surface area contributed by atoms with Gasteiger partial charge in [-0.2, -0.15) is 0 Å². The van der Waals surface area contributed by atoms with Crippen LogP contribution in [0.25, 0.3) is 17.0 Å². The summed E-state index contributed by atoms with van der Waals surface area (Å²) in [4.78, 5) is 23.1. The zero-order chi connectivity index (χ0) is 20.9. The van der Waals surface area contributed by atoms with Gasteiger partial charge in [0.2, 0.25) is 5.91 Å². The van der Waals surface area contributed by atoms with Crippen LogP contribution in [0.2, 0.25) is 0 Å². The molecule has 0 fully saturated rings. The summed E-state index contributed by atoms with van der Waals surface area (Å²) in [6.07, 6.45) is 7.66. The molecule has 1 aromatic carbocycles. The van der Waals surface area contributed by atoms with Gasteiger partial charge in [0.05, 0.1) is 6.54 Å². The average Bonchev–Trinajstić information content (AvgIpc) is 3.09. The van der Waals surface area contributed by atoms with E-state index in [1.54, 1.807) is 29.4 Å². The highest BCUT2D eigenvalue weighted by Gasteiger charge is 2.10. The Labute approximate surface area is 176 Å². The van der Waals surface area contributed by atoms with Crippen molar-refractivity contribution in [2.75, 3.05) is 7.05 Å². The summed E-state index contributed by atoms with van der Waals surface area (Å²) in [5.74, 6) is -0.0437. The van der Waals surface area contributed by atoms with Gasteiger partial charge in [0.15, 0.2) is 0 Å². The van der Waals surface area contributed by atoms with Gasteiger partial charge in [0, 0.05) is 61.6 Å². The maximum atomic E-state index is 12.6. The van der Waals surface area contributed by atoms with Gasteiger partial charge in [-0.25, -0.2) is 0 Å². The lowest BCUT2D eigenvalue weighted by atomic mass is 10.1. The second kappa shape index (κ2) is 8.74. The predicted octanol–water partition coefficient (Wildman–Crippen LogP) is 4.23. The average molecular weight is 396 g/mol. The Balaban J connectivity index is 1.38. The zero-order valence-corrected chi connectivity index (χ0v) is 17.2. The Morgan fingerprint density at radius 3 is 2.57 bits per heavy atom. The maximum absolute atomic E-state index is 12.6. The fourth-order valence-corrected chi connectivity index (χ4v) is 3.44. The number of hydrogen-bond donors (Lipinski definition) is 0. The molecule has 5 nitrogen and oxygen atoms in total. The number of carbonyl (C=O) groups is 1. The van der Waals surface area contributed by atoms with Crippen molar-refractivity contribution in [1.29, 1.82) is 0 Å². The number of hydrogen-bond acceptors (Lipinski definition) is 3. The smallest absolute Gasteiger partial charge is 0.246 e. The van der Waals surface area contributed by atoms with E-state index in [1.165, 1.54) is 10.9 Å². The molecule has 0 aliphatic rings. The third kappa shape index (κ3) is 4.46. The highest BCUT2D eigenvalue weighted by molar-refractivity contribution is 5.91. The van der Waals surface area contributed by atoms with Crippen LogP contribution in [0.1, 0.15) is 22.6 Å². The standard InChI is InChI=1S/C25H24N4O/c1-28(18-23-15-20-7-3-4-9-24(20)29(23)2)25(30)13-11-19-10-12-22(27-17-19)16-21-8-5-6-14-26-21/h3-15,17H,16,18H2,1-2H3. The number of amides is 1. The van der Waals surface area contributed by atoms with Gasteiger partial charge in [-0.3, -0.25) is 14.8 Å². The first-order valence-corrected chi connectivity index (χ1v) is 9.91. The summed E-state index contributed by atoms with van der Waals surface area (Å²) in [7, 11) is 3.85. The number of aromatic nitrogens is 3. The molecule has 3 aromatic heterocycles. The molecule has 1 amide bonds. The molecule has 150 valence electrons. The number of carbonyl (C=O) groups excluding carboxylic acids is 1. The summed E-state index contributed by atoms with van der Waals surface area (Å²) >= 11 is 0. The third-order valence-electron chi connectivity index (χ3n) is 5.18. The molecule has 0 saturated heterocycles. The first kappa shape index (κ1) is 19.6. The Kier molecular flexibility index (Phi) is 5.70. The van der Waals surface area contributed by atoms with Gasteiger partial charge >= 0.3 is 0 Å². The summed E-state index contributed by atoms with van der Waals surface area (Å²) in [6.45, 7) is 0.551. The maximum Gasteiger partial charge on any atom is 0.246 e. The van der Waals surface area contributed by atoms with Gasteiger partial charge in [-0.05, 0) is 47.4 Å². The van der Waals surface area contributed by atoms with Gasteiger partial charge in [-0.15, -0.1) is 0 Å². The van der Waals surface area contributed by atoms with E-state index in [2.05, 4.69) is 32.7 Å². The molecule has 3 heterocycles. The van der Waals surface area contributed by atoms with Crippen LogP contribution in [0.3, 0.4) is 0 Å². The van der Waals surface area contributed by atoms with E-state index in [0.717, 1.165) is 22.6 Å². The number of aryl methyl sites for hydroxylation is 1. The number of likely N-dealkylation sites (N-methyl/N-ethyl adjacent to an activating group) is 1. The molecule has 0 bridgehead atoms. The molecule has 30 heavy (non-hydrogen) atoms. The first-order chi connectivity index (χ1) is 14.6. The minimum absolute atomic E-state index is 0.0437. The molecule has 0 saturated carbocycles. The van der Waals surface area contributed by atoms with Crippen LogP contribution in [-0.2, 0) is 24.8 Å². The normalized spacial score (nSPS) is 11.3. The predicted molar refractivity (Wildman–Crippen MR) is 120 cm³/mol. The third-order valence-corrected chi connectivity index (χ3v) is 5.18. The molecule has 0 unspecified atom stereocenters. The summed E-state index contributed by atoms with van der Waals surface area (Å²) in [5.41, 5.74) is 5.09. The molecular weight excluding hydrogens is 372 g/mol. The van der Waals surface area contributed by atoms with E-state index < -0.39 is 0 Å². The zero-order valence-electron chi connectivity index (χ0n) is 17.2. The lowest BCUT2D eigenvalue weighted by Gasteiger charge is -2.15. The van der Waals surface area contributed by atoms with Crippen molar-refractivity contribution >= 4 is 22.9 Å². The van der Waals surface area contributed by atoms with Crippen LogP contribution in [0.15, 0.2) is 79.1 Å². The molecule has 0 aliphatic carbocycles. The molecule has 0 atom stereocenters. The van der Waals surface area contributed by atoms with Crippen molar-refractivity contribution in [3.8, 4) is 0 Å². The highest BCUT2D eigenvalue weighted by atomic mass is 16.2. The molecular formula is C25H24N4O. The van der Waals surface area contributed by atoms with E-state index >= 15 is 0 Å². The SMILES string of the molecule is CN(Cc1cc2ccccc2n1C)C(=O)C=Cc1ccc(Cc2ccccn2)nc1. The lowest BCUT2D eigenvalue weighted by Crippen LogP contribution is -2.25. The van der Waals surface area contributed by atoms with Crippen molar-refractivity contribution < 1.29 is 4.79 Å². The molecule has 0 aliphatic heterocycles. The van der Waals surface area contributed by atoms with Gasteiger partial charge in [0.1, 0.15) is 0 Å². The van der Waals surface area contributed by atoms with Crippen molar-refractivity contribution in [2.24, 2.45) is 7.05 Å². The van der Waals surface area contributed by atoms with E-state index in [-0.39, 0.29) is 5.91 Å². The van der Waals surface area contributed by atoms with Crippen LogP contribution in [0.4, 0.5) is 0 Å². The van der Waals surface area contributed by atoms with Crippen LogP contribution >= 0.6 is 0 Å². The van der Waals surface area contributed by atoms with Crippen molar-refractivity contribution in [2.45, 2.75) is 13.0 Å². The van der Waals surface area contributed by atoms with Crippen molar-refractivity contribution in [3.05, 3.63) is 102 Å². The van der Waals surface area contributed by atoms with Gasteiger partial charge in [-0.1, -0.05) is 30.3 Å². The number of para-hydroxylation sites is 1.